The zero-order valence-corrected chi connectivity index (χ0v) is 13.4. The quantitative estimate of drug-likeness (QED) is 0.387. The van der Waals surface area contributed by atoms with Gasteiger partial charge in [-0.1, -0.05) is 11.6 Å². The van der Waals surface area contributed by atoms with E-state index in [1.54, 1.807) is 0 Å². The van der Waals surface area contributed by atoms with E-state index in [-0.39, 0.29) is 33.3 Å². The third kappa shape index (κ3) is 3.09. The molecule has 0 bridgehead atoms. The molecule has 126 valence electrons. The molecule has 2 rings (SSSR count). The zero-order chi connectivity index (χ0) is 18.0. The lowest BCUT2D eigenvalue weighted by molar-refractivity contribution is -0.385. The predicted molar refractivity (Wildman–Crippen MR) is 85.1 cm³/mol. The van der Waals surface area contributed by atoms with Gasteiger partial charge in [0.1, 0.15) is 16.3 Å². The molecule has 0 atom stereocenters. The van der Waals surface area contributed by atoms with Crippen LogP contribution in [0.5, 0.6) is 11.5 Å². The van der Waals surface area contributed by atoms with Crippen LogP contribution in [0.15, 0.2) is 24.3 Å². The number of carbonyl (C=O) groups is 1. The highest BCUT2D eigenvalue weighted by Gasteiger charge is 2.26. The van der Waals surface area contributed by atoms with Crippen molar-refractivity contribution in [2.45, 2.75) is 6.92 Å². The average molecular weight is 355 g/mol. The summed E-state index contributed by atoms with van der Waals surface area (Å²) in [5.41, 5.74) is 5.06. The molecule has 0 aliphatic carbocycles. The summed E-state index contributed by atoms with van der Waals surface area (Å²) in [6.45, 7) is 1.41. The molecule has 2 aromatic carbocycles. The van der Waals surface area contributed by atoms with Gasteiger partial charge in [0, 0.05) is 11.6 Å². The number of nitrogens with zero attached hydrogens (tertiary/aromatic N) is 1. The van der Waals surface area contributed by atoms with Crippen LogP contribution < -0.4 is 10.5 Å². The maximum absolute atomic E-state index is 13.9. The first kappa shape index (κ1) is 17.5. The summed E-state index contributed by atoms with van der Waals surface area (Å²) in [4.78, 5) is 22.2. The van der Waals surface area contributed by atoms with Crippen LogP contribution in [0.25, 0.3) is 0 Å². The number of nitro groups is 1. The number of nitrogens with two attached hydrogens (primary N) is 1. The van der Waals surface area contributed by atoms with Crippen molar-refractivity contribution in [3.63, 3.8) is 0 Å². The number of anilines is 1. The summed E-state index contributed by atoms with van der Waals surface area (Å²) < 4.78 is 23.9. The van der Waals surface area contributed by atoms with Crippen molar-refractivity contribution < 1.29 is 23.6 Å². The average Bonchev–Trinajstić information content (AvgIpc) is 2.55. The molecule has 0 unspecified atom stereocenters. The number of nitro benzene ring substituents is 1. The lowest BCUT2D eigenvalue weighted by Gasteiger charge is -2.14. The number of nitrogen functional groups attached to an aromatic ring is 1. The van der Waals surface area contributed by atoms with Crippen LogP contribution in [-0.4, -0.2) is 18.0 Å². The fraction of sp³-hybridized carbons (Fsp3) is 0.133. The fourth-order valence-electron chi connectivity index (χ4n) is 2.05. The number of carbonyl (C=O) groups excluding carboxylic acids is 1. The van der Waals surface area contributed by atoms with Crippen molar-refractivity contribution in [3.8, 4) is 11.5 Å². The second-order valence-electron chi connectivity index (χ2n) is 4.71. The Bertz CT molecular complexity index is 841. The van der Waals surface area contributed by atoms with Crippen LogP contribution in [0, 0.1) is 22.9 Å². The van der Waals surface area contributed by atoms with Gasteiger partial charge in [0.25, 0.3) is 5.69 Å². The summed E-state index contributed by atoms with van der Waals surface area (Å²) in [5.74, 6) is -2.02. The van der Waals surface area contributed by atoms with Crippen molar-refractivity contribution in [2.75, 3.05) is 12.8 Å². The van der Waals surface area contributed by atoms with Crippen LogP contribution in [0.2, 0.25) is 5.02 Å². The molecule has 24 heavy (non-hydrogen) atoms. The monoisotopic (exact) mass is 354 g/mol. The van der Waals surface area contributed by atoms with Gasteiger partial charge in [-0.3, -0.25) is 10.1 Å². The zero-order valence-electron chi connectivity index (χ0n) is 12.6. The molecule has 0 fully saturated rings. The van der Waals surface area contributed by atoms with E-state index in [1.807, 2.05) is 0 Å². The molecule has 0 saturated heterocycles. The minimum Gasteiger partial charge on any atom is -0.465 e. The largest absolute Gasteiger partial charge is 0.465 e. The Balaban J connectivity index is 2.60. The Labute approximate surface area is 140 Å². The summed E-state index contributed by atoms with van der Waals surface area (Å²) in [5, 5.41) is 10.9. The maximum Gasteiger partial charge on any atom is 0.345 e. The lowest BCUT2D eigenvalue weighted by Crippen LogP contribution is -2.09. The van der Waals surface area contributed by atoms with Gasteiger partial charge in [-0.25, -0.2) is 9.18 Å². The molecule has 0 saturated carbocycles. The maximum atomic E-state index is 13.9. The molecule has 0 radical (unpaired) electrons. The van der Waals surface area contributed by atoms with Gasteiger partial charge >= 0.3 is 5.97 Å². The van der Waals surface area contributed by atoms with Gasteiger partial charge in [0.15, 0.2) is 11.6 Å². The van der Waals surface area contributed by atoms with Crippen molar-refractivity contribution in [1.82, 2.24) is 0 Å². The van der Waals surface area contributed by atoms with E-state index >= 15 is 0 Å². The summed E-state index contributed by atoms with van der Waals surface area (Å²) >= 11 is 5.92. The van der Waals surface area contributed by atoms with Gasteiger partial charge in [-0.15, -0.1) is 0 Å². The molecule has 0 heterocycles. The fourth-order valence-corrected chi connectivity index (χ4v) is 2.24. The van der Waals surface area contributed by atoms with Crippen molar-refractivity contribution in [2.24, 2.45) is 0 Å². The van der Waals surface area contributed by atoms with Crippen molar-refractivity contribution in [3.05, 3.63) is 56.3 Å². The number of methoxy groups -OCH3 is 1. The Morgan fingerprint density at radius 2 is 2.00 bits per heavy atom. The molecule has 2 aromatic rings. The van der Waals surface area contributed by atoms with E-state index in [1.165, 1.54) is 19.1 Å². The van der Waals surface area contributed by atoms with Crippen LogP contribution in [0.4, 0.5) is 15.8 Å². The summed E-state index contributed by atoms with van der Waals surface area (Å²) in [7, 11) is 1.09. The minimum absolute atomic E-state index is 0.00685. The summed E-state index contributed by atoms with van der Waals surface area (Å²) in [6.07, 6.45) is 0. The molecule has 0 aliphatic heterocycles. The van der Waals surface area contributed by atoms with E-state index < -0.39 is 22.4 Å². The van der Waals surface area contributed by atoms with Gasteiger partial charge < -0.3 is 15.2 Å². The second kappa shape index (κ2) is 6.71. The lowest BCUT2D eigenvalue weighted by atomic mass is 10.1. The highest BCUT2D eigenvalue weighted by Crippen LogP contribution is 2.39. The van der Waals surface area contributed by atoms with Gasteiger partial charge in [0.2, 0.25) is 0 Å². The van der Waals surface area contributed by atoms with E-state index in [0.29, 0.717) is 0 Å². The highest BCUT2D eigenvalue weighted by molar-refractivity contribution is 6.34. The number of rotatable bonds is 4. The Morgan fingerprint density at radius 3 is 2.58 bits per heavy atom. The SMILES string of the molecule is COC(=O)c1c([N+](=O)[O-])ccc(Oc2c(F)ccc(N)c2Cl)c1C. The van der Waals surface area contributed by atoms with Crippen LogP contribution in [-0.2, 0) is 4.74 Å². The Morgan fingerprint density at radius 1 is 1.33 bits per heavy atom. The first-order valence-electron chi connectivity index (χ1n) is 6.55. The van der Waals surface area contributed by atoms with E-state index in [2.05, 4.69) is 4.74 Å². The highest BCUT2D eigenvalue weighted by atomic mass is 35.5. The smallest absolute Gasteiger partial charge is 0.345 e. The molecule has 0 aliphatic rings. The topological polar surface area (TPSA) is 105 Å². The van der Waals surface area contributed by atoms with E-state index in [0.717, 1.165) is 19.2 Å². The predicted octanol–water partition coefficient (Wildman–Crippen LogP) is 3.86. The van der Waals surface area contributed by atoms with E-state index in [9.17, 15) is 19.3 Å². The Hall–Kier alpha value is -2.87. The molecule has 0 aromatic heterocycles. The van der Waals surface area contributed by atoms with Crippen LogP contribution >= 0.6 is 11.6 Å². The first-order valence-corrected chi connectivity index (χ1v) is 6.93. The van der Waals surface area contributed by atoms with E-state index in [4.69, 9.17) is 22.1 Å². The second-order valence-corrected chi connectivity index (χ2v) is 5.09. The number of hydrogen-bond acceptors (Lipinski definition) is 6. The van der Waals surface area contributed by atoms with Gasteiger partial charge in [0.05, 0.1) is 17.7 Å². The first-order chi connectivity index (χ1) is 11.3. The Kier molecular flexibility index (Phi) is 4.89. The molecule has 7 nitrogen and oxygen atoms in total. The normalized spacial score (nSPS) is 10.3. The van der Waals surface area contributed by atoms with Gasteiger partial charge in [-0.05, 0) is 25.1 Å². The van der Waals surface area contributed by atoms with Crippen LogP contribution in [0.1, 0.15) is 15.9 Å². The molecular weight excluding hydrogens is 343 g/mol. The third-order valence-electron chi connectivity index (χ3n) is 3.27. The number of esters is 1. The minimum atomic E-state index is -0.913. The molecule has 2 N–H and O–H groups in total. The number of ether oxygens (including phenoxy) is 2. The van der Waals surface area contributed by atoms with Crippen molar-refractivity contribution in [1.29, 1.82) is 0 Å². The number of benzene rings is 2. The molecule has 9 heteroatoms. The van der Waals surface area contributed by atoms with Crippen molar-refractivity contribution >= 4 is 28.9 Å². The van der Waals surface area contributed by atoms with Gasteiger partial charge in [-0.2, -0.15) is 0 Å². The molecular formula is C15H12ClFN2O5. The molecule has 0 spiro atoms. The number of hydrogen-bond donors (Lipinski definition) is 1. The number of halogens is 2. The van der Waals surface area contributed by atoms with Crippen LogP contribution in [0.3, 0.4) is 0 Å². The standard InChI is InChI=1S/C15H12ClFN2O5/c1-7-11(24-14-8(17)3-4-9(18)13(14)16)6-5-10(19(21)22)12(7)15(20)23-2/h3-6H,18H2,1-2H3. The third-order valence-corrected chi connectivity index (χ3v) is 3.66. The summed E-state index contributed by atoms with van der Waals surface area (Å²) in [6, 6.07) is 4.64. The molecule has 0 amide bonds.